The van der Waals surface area contributed by atoms with Crippen LogP contribution in [0.3, 0.4) is 0 Å². The molecular weight excluding hydrogens is 522 g/mol. The molecule has 8 nitrogen and oxygen atoms in total. The Morgan fingerprint density at radius 2 is 1.92 bits per heavy atom. The van der Waals surface area contributed by atoms with Crippen molar-refractivity contribution in [1.82, 2.24) is 14.8 Å². The monoisotopic (exact) mass is 551 g/mol. The van der Waals surface area contributed by atoms with Crippen molar-refractivity contribution in [3.05, 3.63) is 63.1 Å². The van der Waals surface area contributed by atoms with E-state index in [0.717, 1.165) is 81.3 Å². The van der Waals surface area contributed by atoms with E-state index in [4.69, 9.17) is 9.57 Å². The van der Waals surface area contributed by atoms with Crippen LogP contribution in [0.15, 0.2) is 52.1 Å². The predicted octanol–water partition coefficient (Wildman–Crippen LogP) is 2.48. The van der Waals surface area contributed by atoms with E-state index in [0.29, 0.717) is 19.8 Å². The third-order valence-corrected chi connectivity index (χ3v) is 7.04. The van der Waals surface area contributed by atoms with E-state index < -0.39 is 0 Å². The van der Waals surface area contributed by atoms with Crippen LogP contribution in [0.1, 0.15) is 12.5 Å². The van der Waals surface area contributed by atoms with Crippen LogP contribution in [0.25, 0.3) is 23.2 Å². The summed E-state index contributed by atoms with van der Waals surface area (Å²) >= 11 is 3.59. The van der Waals surface area contributed by atoms with Crippen LogP contribution in [-0.2, 0) is 14.4 Å². The number of esters is 1. The van der Waals surface area contributed by atoms with Gasteiger partial charge >= 0.3 is 5.97 Å². The second-order valence-electron chi connectivity index (χ2n) is 8.91. The minimum atomic E-state index is -0.157. The summed E-state index contributed by atoms with van der Waals surface area (Å²) in [7, 11) is 0. The van der Waals surface area contributed by atoms with Gasteiger partial charge in [0.2, 0.25) is 0 Å². The largest absolute Gasteiger partial charge is 0.465 e. The number of fused-ring (bicyclic) bond motifs is 2. The standard InChI is InChI=1S/C27H30BrN5O3/c1-3-35-24(34)17-33-12-10-32(11-13-33)14-15-36-31-26-20-6-4-5-7-22(20)30-27(26)25-18(2)29-23-9-8-19(28)16-21(23)25/h4-9,16,29-30H,2-3,10-15,17H2,1H3/b27-25+,31-26+. The molecule has 0 aliphatic carbocycles. The second-order valence-corrected chi connectivity index (χ2v) is 9.83. The summed E-state index contributed by atoms with van der Waals surface area (Å²) in [5, 5.41) is 11.0. The first-order valence-electron chi connectivity index (χ1n) is 12.2. The van der Waals surface area contributed by atoms with Gasteiger partial charge in [0.05, 0.1) is 18.8 Å². The number of piperazine rings is 1. The number of aromatic amines is 1. The van der Waals surface area contributed by atoms with Crippen LogP contribution in [-0.4, -0.2) is 78.9 Å². The highest BCUT2D eigenvalue weighted by Gasteiger charge is 2.25. The van der Waals surface area contributed by atoms with E-state index >= 15 is 0 Å². The number of hydrogen-bond donors (Lipinski definition) is 2. The van der Waals surface area contributed by atoms with E-state index in [-0.39, 0.29) is 5.97 Å². The Kier molecular flexibility index (Phi) is 7.41. The predicted molar refractivity (Wildman–Crippen MR) is 146 cm³/mol. The number of nitrogens with zero attached hydrogens (tertiary/aromatic N) is 3. The van der Waals surface area contributed by atoms with Crippen molar-refractivity contribution in [2.24, 2.45) is 5.16 Å². The van der Waals surface area contributed by atoms with Crippen molar-refractivity contribution in [2.75, 3.05) is 57.8 Å². The lowest BCUT2D eigenvalue weighted by atomic mass is 10.1. The molecule has 1 fully saturated rings. The molecule has 0 atom stereocenters. The van der Waals surface area contributed by atoms with Crippen LogP contribution < -0.4 is 15.9 Å². The van der Waals surface area contributed by atoms with E-state index in [2.05, 4.69) is 53.8 Å². The summed E-state index contributed by atoms with van der Waals surface area (Å²) < 4.78 is 6.06. The van der Waals surface area contributed by atoms with Crippen molar-refractivity contribution in [2.45, 2.75) is 6.92 Å². The molecule has 1 aromatic heterocycles. The third kappa shape index (κ3) is 5.18. The summed E-state index contributed by atoms with van der Waals surface area (Å²) in [6.07, 6.45) is 0. The van der Waals surface area contributed by atoms with Crippen LogP contribution in [0.2, 0.25) is 0 Å². The molecule has 2 aliphatic heterocycles. The average molecular weight is 552 g/mol. The van der Waals surface area contributed by atoms with Gasteiger partial charge in [0.15, 0.2) is 0 Å². The number of hydrogen-bond acceptors (Lipinski definition) is 7. The first kappa shape index (κ1) is 24.5. The Morgan fingerprint density at radius 3 is 2.72 bits per heavy atom. The number of H-pyrrole nitrogens is 1. The SMILES string of the molecule is C=c1[nH]c2ccc(Br)cc2/c1=C1/Nc2ccccc2/C1=N\OCCN1CCN(CC(=O)OCC)CC1. The molecule has 0 bridgehead atoms. The smallest absolute Gasteiger partial charge is 0.320 e. The van der Waals surface area contributed by atoms with Gasteiger partial charge in [-0.15, -0.1) is 0 Å². The maximum atomic E-state index is 11.7. The molecule has 0 radical (unpaired) electrons. The molecule has 3 heterocycles. The maximum Gasteiger partial charge on any atom is 0.320 e. The first-order valence-corrected chi connectivity index (χ1v) is 13.0. The Hall–Kier alpha value is -3.14. The highest BCUT2D eigenvalue weighted by atomic mass is 79.9. The fraction of sp³-hybridized carbons (Fsp3) is 0.333. The topological polar surface area (TPSA) is 82.2 Å². The zero-order valence-corrected chi connectivity index (χ0v) is 21.9. The molecule has 3 aromatic rings. The Bertz CT molecular complexity index is 1410. The lowest BCUT2D eigenvalue weighted by molar-refractivity contribution is -0.144. The number of carbonyl (C=O) groups excluding carboxylic acids is 1. The highest BCUT2D eigenvalue weighted by Crippen LogP contribution is 2.29. The van der Waals surface area contributed by atoms with Gasteiger partial charge in [-0.3, -0.25) is 14.6 Å². The minimum absolute atomic E-state index is 0.157. The van der Waals surface area contributed by atoms with Gasteiger partial charge in [0, 0.05) is 69.9 Å². The normalized spacial score (nSPS) is 18.9. The number of oxime groups is 1. The van der Waals surface area contributed by atoms with E-state index in [1.54, 1.807) is 0 Å². The number of aromatic nitrogens is 1. The number of nitrogens with one attached hydrogen (secondary N) is 2. The number of ether oxygens (including phenoxy) is 1. The molecule has 5 rings (SSSR count). The van der Waals surface area contributed by atoms with Crippen LogP contribution in [0.4, 0.5) is 5.69 Å². The number of carbonyl (C=O) groups is 1. The van der Waals surface area contributed by atoms with Crippen LogP contribution in [0.5, 0.6) is 0 Å². The third-order valence-electron chi connectivity index (χ3n) is 6.54. The second kappa shape index (κ2) is 10.9. The van der Waals surface area contributed by atoms with Crippen molar-refractivity contribution >= 4 is 56.5 Å². The summed E-state index contributed by atoms with van der Waals surface area (Å²) in [5.41, 5.74) is 4.68. The molecule has 2 N–H and O–H groups in total. The zero-order valence-electron chi connectivity index (χ0n) is 20.3. The Morgan fingerprint density at radius 1 is 1.14 bits per heavy atom. The quantitative estimate of drug-likeness (QED) is 0.267. The molecule has 0 unspecified atom stereocenters. The lowest BCUT2D eigenvalue weighted by Gasteiger charge is -2.33. The molecule has 2 aliphatic rings. The van der Waals surface area contributed by atoms with Gasteiger partial charge in [0.1, 0.15) is 12.3 Å². The van der Waals surface area contributed by atoms with Crippen LogP contribution in [0, 0.1) is 0 Å². The Labute approximate surface area is 218 Å². The van der Waals surface area contributed by atoms with Crippen molar-refractivity contribution in [1.29, 1.82) is 0 Å². The fourth-order valence-electron chi connectivity index (χ4n) is 4.75. The molecule has 0 saturated carbocycles. The van der Waals surface area contributed by atoms with Gasteiger partial charge in [-0.05, 0) is 31.2 Å². The maximum absolute atomic E-state index is 11.7. The molecule has 2 aromatic carbocycles. The Balaban J connectivity index is 1.30. The number of anilines is 1. The van der Waals surface area contributed by atoms with Crippen molar-refractivity contribution in [3.63, 3.8) is 0 Å². The molecule has 1 saturated heterocycles. The fourth-order valence-corrected chi connectivity index (χ4v) is 5.11. The van der Waals surface area contributed by atoms with Crippen molar-refractivity contribution < 1.29 is 14.4 Å². The first-order chi connectivity index (χ1) is 17.5. The summed E-state index contributed by atoms with van der Waals surface area (Å²) in [6.45, 7) is 11.6. The minimum Gasteiger partial charge on any atom is -0.465 e. The summed E-state index contributed by atoms with van der Waals surface area (Å²) in [4.78, 5) is 25.4. The van der Waals surface area contributed by atoms with Gasteiger partial charge in [-0.2, -0.15) is 0 Å². The molecule has 0 amide bonds. The van der Waals surface area contributed by atoms with Gasteiger partial charge < -0.3 is 19.9 Å². The molecule has 0 spiro atoms. The van der Waals surface area contributed by atoms with Gasteiger partial charge in [0.25, 0.3) is 0 Å². The average Bonchev–Trinajstić information content (AvgIpc) is 3.38. The molecular formula is C27H30BrN5O3. The van der Waals surface area contributed by atoms with Crippen LogP contribution >= 0.6 is 15.9 Å². The van der Waals surface area contributed by atoms with E-state index in [9.17, 15) is 4.79 Å². The lowest BCUT2D eigenvalue weighted by Crippen LogP contribution is -2.48. The highest BCUT2D eigenvalue weighted by molar-refractivity contribution is 9.10. The van der Waals surface area contributed by atoms with E-state index in [1.165, 1.54) is 0 Å². The number of rotatable bonds is 7. The number of halogens is 1. The summed E-state index contributed by atoms with van der Waals surface area (Å²) in [5.74, 6) is -0.157. The van der Waals surface area contributed by atoms with Gasteiger partial charge in [-0.25, -0.2) is 0 Å². The number of benzene rings is 2. The van der Waals surface area contributed by atoms with Crippen molar-refractivity contribution in [3.8, 4) is 0 Å². The summed E-state index contributed by atoms with van der Waals surface area (Å²) in [6, 6.07) is 14.2. The molecule has 188 valence electrons. The van der Waals surface area contributed by atoms with Gasteiger partial charge in [-0.1, -0.05) is 45.9 Å². The van der Waals surface area contributed by atoms with E-state index in [1.807, 2.05) is 43.3 Å². The number of para-hydroxylation sites is 1. The molecule has 9 heteroatoms. The zero-order chi connectivity index (χ0) is 25.1. The molecule has 36 heavy (non-hydrogen) atoms.